The predicted octanol–water partition coefficient (Wildman–Crippen LogP) is 2.94. The van der Waals surface area contributed by atoms with Gasteiger partial charge in [0.25, 0.3) is 5.91 Å². The van der Waals surface area contributed by atoms with E-state index in [0.29, 0.717) is 23.7 Å². The quantitative estimate of drug-likeness (QED) is 0.581. The molecule has 0 spiro atoms. The number of benzene rings is 1. The van der Waals surface area contributed by atoms with Gasteiger partial charge in [0.1, 0.15) is 12.4 Å². The van der Waals surface area contributed by atoms with Gasteiger partial charge in [-0.25, -0.2) is 0 Å². The Hall–Kier alpha value is -1.79. The molecule has 26 heavy (non-hydrogen) atoms. The fourth-order valence-corrected chi connectivity index (χ4v) is 2.39. The van der Waals surface area contributed by atoms with Crippen molar-refractivity contribution in [3.8, 4) is 5.75 Å². The Morgan fingerprint density at radius 1 is 1.08 bits per heavy atom. The van der Waals surface area contributed by atoms with Crippen LogP contribution in [0, 0.1) is 0 Å². The molecule has 0 aliphatic rings. The van der Waals surface area contributed by atoms with Gasteiger partial charge in [-0.2, -0.15) is 0 Å². The van der Waals surface area contributed by atoms with E-state index in [0.717, 1.165) is 12.8 Å². The molecule has 0 saturated carbocycles. The molecule has 0 aromatic heterocycles. The summed E-state index contributed by atoms with van der Waals surface area (Å²) in [6, 6.07) is 6.84. The fraction of sp³-hybridized carbons (Fsp3) is 0.579. The van der Waals surface area contributed by atoms with Gasteiger partial charge in [-0.15, -0.1) is 0 Å². The van der Waals surface area contributed by atoms with Crippen molar-refractivity contribution in [2.24, 2.45) is 0 Å². The van der Waals surface area contributed by atoms with Crippen LogP contribution < -0.4 is 15.4 Å². The molecule has 2 amide bonds. The van der Waals surface area contributed by atoms with E-state index >= 15 is 0 Å². The van der Waals surface area contributed by atoms with Gasteiger partial charge in [-0.1, -0.05) is 24.9 Å². The minimum absolute atomic E-state index is 0.0146. The van der Waals surface area contributed by atoms with Gasteiger partial charge in [-0.3, -0.25) is 9.59 Å². The van der Waals surface area contributed by atoms with Crippen molar-refractivity contribution < 1.29 is 19.1 Å². The number of carbonyl (C=O) groups is 2. The van der Waals surface area contributed by atoms with E-state index in [1.165, 1.54) is 0 Å². The third kappa shape index (κ3) is 10.3. The molecule has 0 aliphatic carbocycles. The lowest BCUT2D eigenvalue weighted by atomic mass is 10.1. The maximum atomic E-state index is 11.9. The van der Waals surface area contributed by atoms with Crippen molar-refractivity contribution in [3.63, 3.8) is 0 Å². The van der Waals surface area contributed by atoms with Crippen molar-refractivity contribution in [1.29, 1.82) is 0 Å². The average Bonchev–Trinajstić information content (AvgIpc) is 2.59. The smallest absolute Gasteiger partial charge is 0.257 e. The minimum atomic E-state index is -0.204. The second-order valence-electron chi connectivity index (χ2n) is 6.29. The van der Waals surface area contributed by atoms with Gasteiger partial charge in [-0.05, 0) is 51.0 Å². The van der Waals surface area contributed by atoms with E-state index in [4.69, 9.17) is 21.1 Å². The third-order valence-corrected chi connectivity index (χ3v) is 3.80. The first-order valence-electron chi connectivity index (χ1n) is 8.96. The van der Waals surface area contributed by atoms with Crippen molar-refractivity contribution in [1.82, 2.24) is 10.6 Å². The summed E-state index contributed by atoms with van der Waals surface area (Å²) in [6.07, 6.45) is 2.48. The highest BCUT2D eigenvalue weighted by Gasteiger charge is 2.13. The Kier molecular flexibility index (Phi) is 10.7. The molecule has 2 N–H and O–H groups in total. The number of amides is 2. The molecule has 1 rings (SSSR count). The van der Waals surface area contributed by atoms with Gasteiger partial charge >= 0.3 is 0 Å². The van der Waals surface area contributed by atoms with Gasteiger partial charge in [0.05, 0.1) is 6.10 Å². The van der Waals surface area contributed by atoms with Crippen LogP contribution in [0.2, 0.25) is 5.02 Å². The highest BCUT2D eigenvalue weighted by Crippen LogP contribution is 2.15. The van der Waals surface area contributed by atoms with Gasteiger partial charge in [0.15, 0.2) is 6.61 Å². The largest absolute Gasteiger partial charge is 0.484 e. The van der Waals surface area contributed by atoms with E-state index in [2.05, 4.69) is 17.6 Å². The number of hydrogen-bond acceptors (Lipinski definition) is 4. The van der Waals surface area contributed by atoms with Crippen LogP contribution in [0.25, 0.3) is 0 Å². The first-order valence-corrected chi connectivity index (χ1v) is 9.34. The third-order valence-electron chi connectivity index (χ3n) is 3.55. The number of nitrogens with one attached hydrogen (secondary N) is 2. The van der Waals surface area contributed by atoms with Gasteiger partial charge in [0.2, 0.25) is 5.91 Å². The standard InChI is InChI=1S/C19H29ClN2O4/c1-4-5-16(22-19(24)13-25-14(2)3)10-11-21-18(23)12-26-17-8-6-15(20)7-9-17/h6-9,14,16H,4-5,10-13H2,1-3H3,(H,21,23)(H,22,24). The Balaban J connectivity index is 2.26. The van der Waals surface area contributed by atoms with Crippen LogP contribution >= 0.6 is 11.6 Å². The molecular weight excluding hydrogens is 356 g/mol. The number of ether oxygens (including phenoxy) is 2. The molecule has 6 nitrogen and oxygen atoms in total. The Morgan fingerprint density at radius 2 is 1.77 bits per heavy atom. The Bertz CT molecular complexity index is 549. The van der Waals surface area contributed by atoms with Gasteiger partial charge < -0.3 is 20.1 Å². The molecule has 1 aromatic rings. The molecule has 1 aromatic carbocycles. The predicted molar refractivity (Wildman–Crippen MR) is 103 cm³/mol. The van der Waals surface area contributed by atoms with Crippen LogP contribution in [0.1, 0.15) is 40.0 Å². The minimum Gasteiger partial charge on any atom is -0.484 e. The second-order valence-corrected chi connectivity index (χ2v) is 6.73. The summed E-state index contributed by atoms with van der Waals surface area (Å²) < 4.78 is 10.7. The van der Waals surface area contributed by atoms with E-state index in [1.54, 1.807) is 24.3 Å². The maximum Gasteiger partial charge on any atom is 0.257 e. The van der Waals surface area contributed by atoms with Crippen LogP contribution in [-0.2, 0) is 14.3 Å². The summed E-state index contributed by atoms with van der Waals surface area (Å²) in [7, 11) is 0. The summed E-state index contributed by atoms with van der Waals surface area (Å²) in [4.78, 5) is 23.7. The first kappa shape index (κ1) is 22.3. The number of halogens is 1. The van der Waals surface area contributed by atoms with Crippen LogP contribution in [0.3, 0.4) is 0 Å². The number of carbonyl (C=O) groups excluding carboxylic acids is 2. The van der Waals surface area contributed by atoms with Crippen molar-refractivity contribution in [3.05, 3.63) is 29.3 Å². The lowest BCUT2D eigenvalue weighted by Crippen LogP contribution is -2.40. The van der Waals surface area contributed by atoms with Crippen molar-refractivity contribution in [2.45, 2.75) is 52.2 Å². The highest BCUT2D eigenvalue weighted by molar-refractivity contribution is 6.30. The topological polar surface area (TPSA) is 76.7 Å². The molecule has 0 heterocycles. The molecule has 0 saturated heterocycles. The normalized spacial score (nSPS) is 11.9. The van der Waals surface area contributed by atoms with Crippen molar-refractivity contribution >= 4 is 23.4 Å². The van der Waals surface area contributed by atoms with E-state index in [-0.39, 0.29) is 37.2 Å². The summed E-state index contributed by atoms with van der Waals surface area (Å²) >= 11 is 5.80. The van der Waals surface area contributed by atoms with Crippen LogP contribution in [0.5, 0.6) is 5.75 Å². The molecule has 0 bridgehead atoms. The Morgan fingerprint density at radius 3 is 2.38 bits per heavy atom. The summed E-state index contributed by atoms with van der Waals surface area (Å²) in [6.45, 7) is 6.30. The van der Waals surface area contributed by atoms with Crippen LogP contribution in [0.15, 0.2) is 24.3 Å². The fourth-order valence-electron chi connectivity index (χ4n) is 2.27. The summed E-state index contributed by atoms with van der Waals surface area (Å²) in [5.74, 6) is 0.255. The molecule has 146 valence electrons. The van der Waals surface area contributed by atoms with E-state index < -0.39 is 0 Å². The molecule has 0 radical (unpaired) electrons. The highest BCUT2D eigenvalue weighted by atomic mass is 35.5. The second kappa shape index (κ2) is 12.5. The lowest BCUT2D eigenvalue weighted by molar-refractivity contribution is -0.127. The number of hydrogen-bond donors (Lipinski definition) is 2. The molecule has 7 heteroatoms. The number of rotatable bonds is 12. The monoisotopic (exact) mass is 384 g/mol. The zero-order chi connectivity index (χ0) is 19.4. The molecular formula is C19H29ClN2O4. The van der Waals surface area contributed by atoms with E-state index in [1.807, 2.05) is 13.8 Å². The summed E-state index contributed by atoms with van der Waals surface area (Å²) in [5.41, 5.74) is 0. The average molecular weight is 385 g/mol. The summed E-state index contributed by atoms with van der Waals surface area (Å²) in [5, 5.41) is 6.37. The van der Waals surface area contributed by atoms with Gasteiger partial charge in [0, 0.05) is 17.6 Å². The first-order chi connectivity index (χ1) is 12.4. The SMILES string of the molecule is CCCC(CCNC(=O)COc1ccc(Cl)cc1)NC(=O)COC(C)C. The zero-order valence-electron chi connectivity index (χ0n) is 15.7. The van der Waals surface area contributed by atoms with E-state index in [9.17, 15) is 9.59 Å². The molecule has 1 unspecified atom stereocenters. The van der Waals surface area contributed by atoms with Crippen LogP contribution in [-0.4, -0.2) is 43.7 Å². The lowest BCUT2D eigenvalue weighted by Gasteiger charge is -2.19. The maximum absolute atomic E-state index is 11.9. The molecule has 0 aliphatic heterocycles. The molecule has 0 fully saturated rings. The van der Waals surface area contributed by atoms with Crippen molar-refractivity contribution in [2.75, 3.05) is 19.8 Å². The van der Waals surface area contributed by atoms with Crippen LogP contribution in [0.4, 0.5) is 0 Å². The molecule has 1 atom stereocenters. The Labute approximate surface area is 160 Å². The zero-order valence-corrected chi connectivity index (χ0v) is 16.5.